The van der Waals surface area contributed by atoms with Gasteiger partial charge in [0.15, 0.2) is 9.84 Å². The second kappa shape index (κ2) is 6.11. The molecule has 2 aromatic heterocycles. The van der Waals surface area contributed by atoms with Crippen LogP contribution in [-0.2, 0) is 16.4 Å². The van der Waals surface area contributed by atoms with E-state index in [-0.39, 0.29) is 21.2 Å². The molecule has 0 aromatic carbocycles. The summed E-state index contributed by atoms with van der Waals surface area (Å²) in [5.74, 6) is -0.0667. The van der Waals surface area contributed by atoms with E-state index in [0.29, 0.717) is 11.5 Å². The Morgan fingerprint density at radius 2 is 2.10 bits per heavy atom. The molecule has 0 bridgehead atoms. The van der Waals surface area contributed by atoms with Crippen LogP contribution in [0.5, 0.6) is 0 Å². The van der Waals surface area contributed by atoms with E-state index < -0.39 is 9.84 Å². The summed E-state index contributed by atoms with van der Waals surface area (Å²) in [6.45, 7) is 1.98. The number of nitriles is 1. The topological polar surface area (TPSA) is 109 Å². The van der Waals surface area contributed by atoms with Crippen molar-refractivity contribution in [2.24, 2.45) is 0 Å². The average Bonchev–Trinajstić information content (AvgIpc) is 2.83. The molecule has 0 amide bonds. The van der Waals surface area contributed by atoms with E-state index in [1.54, 1.807) is 19.3 Å². The fourth-order valence-electron chi connectivity index (χ4n) is 1.76. The molecule has 0 aliphatic carbocycles. The third-order valence-electron chi connectivity index (χ3n) is 2.89. The summed E-state index contributed by atoms with van der Waals surface area (Å²) in [6, 6.07) is 5.57. The minimum atomic E-state index is -3.49. The number of hydrogen-bond donors (Lipinski definition) is 2. The zero-order valence-corrected chi connectivity index (χ0v) is 13.0. The molecule has 2 aromatic rings. The number of anilines is 2. The number of sulfone groups is 1. The van der Waals surface area contributed by atoms with Gasteiger partial charge in [0.25, 0.3) is 0 Å². The third kappa shape index (κ3) is 3.15. The van der Waals surface area contributed by atoms with Crippen molar-refractivity contribution in [3.63, 3.8) is 0 Å². The van der Waals surface area contributed by atoms with Crippen molar-refractivity contribution in [2.75, 3.05) is 16.8 Å². The van der Waals surface area contributed by atoms with Crippen LogP contribution in [0.1, 0.15) is 17.4 Å². The first-order chi connectivity index (χ1) is 9.99. The number of nitrogens with one attached hydrogen (secondary N) is 1. The number of nitrogen functional groups attached to an aromatic ring is 1. The van der Waals surface area contributed by atoms with Crippen molar-refractivity contribution in [2.45, 2.75) is 18.4 Å². The average molecular weight is 322 g/mol. The summed E-state index contributed by atoms with van der Waals surface area (Å²) in [4.78, 5) is 4.15. The molecule has 0 unspecified atom stereocenters. The molecule has 0 saturated carbocycles. The first-order valence-corrected chi connectivity index (χ1v) is 8.64. The Morgan fingerprint density at radius 1 is 1.43 bits per heavy atom. The maximum Gasteiger partial charge on any atom is 0.183 e. The lowest BCUT2D eigenvalue weighted by Crippen LogP contribution is -2.09. The van der Waals surface area contributed by atoms with E-state index in [1.807, 2.05) is 18.2 Å². The summed E-state index contributed by atoms with van der Waals surface area (Å²) in [7, 11) is -3.49. The molecule has 0 aliphatic heterocycles. The number of nitrogens with zero attached hydrogens (tertiary/aromatic N) is 2. The van der Waals surface area contributed by atoms with E-state index in [0.717, 1.165) is 16.9 Å². The fraction of sp³-hybridized carbons (Fsp3) is 0.231. The molecule has 21 heavy (non-hydrogen) atoms. The van der Waals surface area contributed by atoms with Crippen LogP contribution in [0.15, 0.2) is 29.4 Å². The highest BCUT2D eigenvalue weighted by atomic mass is 32.2. The van der Waals surface area contributed by atoms with E-state index in [1.165, 1.54) is 0 Å². The van der Waals surface area contributed by atoms with E-state index >= 15 is 0 Å². The van der Waals surface area contributed by atoms with E-state index in [2.05, 4.69) is 10.3 Å². The number of aromatic nitrogens is 1. The summed E-state index contributed by atoms with van der Waals surface area (Å²) >= 11 is 1.06. The van der Waals surface area contributed by atoms with Crippen LogP contribution in [0.3, 0.4) is 0 Å². The molecule has 0 radical (unpaired) electrons. The van der Waals surface area contributed by atoms with Gasteiger partial charge in [-0.15, -0.1) is 11.3 Å². The minimum absolute atomic E-state index is 0.0283. The molecule has 2 rings (SSSR count). The van der Waals surface area contributed by atoms with Crippen LogP contribution in [0.4, 0.5) is 10.7 Å². The Hall–Kier alpha value is -2.11. The summed E-state index contributed by atoms with van der Waals surface area (Å²) in [5.41, 5.74) is 6.79. The van der Waals surface area contributed by atoms with Crippen molar-refractivity contribution >= 4 is 31.9 Å². The van der Waals surface area contributed by atoms with Crippen molar-refractivity contribution in [3.05, 3.63) is 35.0 Å². The van der Waals surface area contributed by atoms with Gasteiger partial charge in [-0.1, -0.05) is 6.92 Å². The molecule has 0 aliphatic rings. The third-order valence-corrected chi connectivity index (χ3v) is 5.90. The fourth-order valence-corrected chi connectivity index (χ4v) is 4.22. The molecule has 110 valence electrons. The molecule has 0 atom stereocenters. The molecular formula is C13H14N4O2S2. The SMILES string of the molecule is CCS(=O)(=O)c1c(NCc2ccncc2)sc(C#N)c1N. The maximum atomic E-state index is 12.2. The Labute approximate surface area is 127 Å². The van der Waals surface area contributed by atoms with Crippen LogP contribution in [0.25, 0.3) is 0 Å². The molecule has 0 spiro atoms. The molecular weight excluding hydrogens is 308 g/mol. The smallest absolute Gasteiger partial charge is 0.183 e. The van der Waals surface area contributed by atoms with Crippen molar-refractivity contribution in [1.82, 2.24) is 4.98 Å². The van der Waals surface area contributed by atoms with Gasteiger partial charge in [0.1, 0.15) is 20.8 Å². The van der Waals surface area contributed by atoms with E-state index in [9.17, 15) is 8.42 Å². The Bertz CT molecular complexity index is 776. The molecule has 6 nitrogen and oxygen atoms in total. The molecule has 0 fully saturated rings. The van der Waals surface area contributed by atoms with Gasteiger partial charge in [0.05, 0.1) is 11.4 Å². The highest BCUT2D eigenvalue weighted by Crippen LogP contribution is 2.39. The molecule has 8 heteroatoms. The standard InChI is InChI=1S/C13H14N4O2S2/c1-2-21(18,19)12-11(15)10(7-14)20-13(12)17-8-9-3-5-16-6-4-9/h3-6,17H,2,8,15H2,1H3. The monoisotopic (exact) mass is 322 g/mol. The Balaban J connectivity index is 2.38. The lowest BCUT2D eigenvalue weighted by atomic mass is 10.3. The van der Waals surface area contributed by atoms with Gasteiger partial charge >= 0.3 is 0 Å². The molecule has 2 heterocycles. The van der Waals surface area contributed by atoms with Crippen molar-refractivity contribution in [1.29, 1.82) is 5.26 Å². The first kappa shape index (κ1) is 15.3. The number of nitrogens with two attached hydrogens (primary N) is 1. The lowest BCUT2D eigenvalue weighted by Gasteiger charge is -2.08. The van der Waals surface area contributed by atoms with Crippen LogP contribution in [-0.4, -0.2) is 19.2 Å². The number of thiophene rings is 1. The Kier molecular flexibility index (Phi) is 4.45. The van der Waals surface area contributed by atoms with Crippen LogP contribution in [0, 0.1) is 11.3 Å². The zero-order valence-electron chi connectivity index (χ0n) is 11.3. The predicted molar refractivity (Wildman–Crippen MR) is 82.7 cm³/mol. The minimum Gasteiger partial charge on any atom is -0.396 e. The predicted octanol–water partition coefficient (Wildman–Crippen LogP) is 2.00. The molecule has 0 saturated heterocycles. The Morgan fingerprint density at radius 3 is 2.67 bits per heavy atom. The highest BCUT2D eigenvalue weighted by molar-refractivity contribution is 7.91. The first-order valence-electron chi connectivity index (χ1n) is 6.17. The zero-order chi connectivity index (χ0) is 15.5. The van der Waals surface area contributed by atoms with Gasteiger partial charge in [-0.3, -0.25) is 4.98 Å². The summed E-state index contributed by atoms with van der Waals surface area (Å²) in [6.07, 6.45) is 3.31. The van der Waals surface area contributed by atoms with Gasteiger partial charge < -0.3 is 11.1 Å². The number of hydrogen-bond acceptors (Lipinski definition) is 7. The maximum absolute atomic E-state index is 12.2. The normalized spacial score (nSPS) is 11.0. The van der Waals surface area contributed by atoms with Crippen LogP contribution < -0.4 is 11.1 Å². The summed E-state index contributed by atoms with van der Waals surface area (Å²) < 4.78 is 24.3. The van der Waals surface area contributed by atoms with Gasteiger partial charge in [-0.05, 0) is 17.7 Å². The second-order valence-corrected chi connectivity index (χ2v) is 7.46. The van der Waals surface area contributed by atoms with E-state index in [4.69, 9.17) is 11.0 Å². The summed E-state index contributed by atoms with van der Waals surface area (Å²) in [5, 5.41) is 12.5. The van der Waals surface area contributed by atoms with Gasteiger partial charge in [0.2, 0.25) is 0 Å². The molecule has 3 N–H and O–H groups in total. The van der Waals surface area contributed by atoms with Crippen molar-refractivity contribution < 1.29 is 8.42 Å². The number of pyridine rings is 1. The van der Waals surface area contributed by atoms with Crippen LogP contribution >= 0.6 is 11.3 Å². The van der Waals surface area contributed by atoms with Crippen molar-refractivity contribution in [3.8, 4) is 6.07 Å². The van der Waals surface area contributed by atoms with Crippen LogP contribution in [0.2, 0.25) is 0 Å². The van der Waals surface area contributed by atoms with Gasteiger partial charge in [-0.25, -0.2) is 8.42 Å². The largest absolute Gasteiger partial charge is 0.396 e. The number of rotatable bonds is 5. The second-order valence-electron chi connectivity index (χ2n) is 4.23. The lowest BCUT2D eigenvalue weighted by molar-refractivity contribution is 0.598. The quantitative estimate of drug-likeness (QED) is 0.871. The van der Waals surface area contributed by atoms with Gasteiger partial charge in [0, 0.05) is 18.9 Å². The van der Waals surface area contributed by atoms with Gasteiger partial charge in [-0.2, -0.15) is 5.26 Å². The highest BCUT2D eigenvalue weighted by Gasteiger charge is 2.25.